The van der Waals surface area contributed by atoms with E-state index in [-0.39, 0.29) is 5.91 Å². The van der Waals surface area contributed by atoms with E-state index >= 15 is 0 Å². The molecule has 6 heteroatoms. The highest BCUT2D eigenvalue weighted by atomic mass is 16.5. The summed E-state index contributed by atoms with van der Waals surface area (Å²) < 4.78 is 8.18. The molecule has 0 saturated heterocycles. The smallest absolute Gasteiger partial charge is 0.226 e. The molecule has 4 rings (SSSR count). The average Bonchev–Trinajstić information content (AvgIpc) is 3.12. The highest BCUT2D eigenvalue weighted by molar-refractivity contribution is 5.76. The van der Waals surface area contributed by atoms with Gasteiger partial charge in [0.2, 0.25) is 11.8 Å². The molecule has 0 aliphatic rings. The molecule has 2 aromatic carbocycles. The van der Waals surface area contributed by atoms with Crippen LogP contribution in [0.25, 0.3) is 5.69 Å². The Labute approximate surface area is 194 Å². The molecular weight excluding hydrogens is 412 g/mol. The molecule has 0 radical (unpaired) electrons. The molecule has 0 aliphatic heterocycles. The minimum absolute atomic E-state index is 0.0372. The van der Waals surface area contributed by atoms with Crippen molar-refractivity contribution in [2.24, 2.45) is 0 Å². The summed E-state index contributed by atoms with van der Waals surface area (Å²) in [5.41, 5.74) is 5.77. The van der Waals surface area contributed by atoms with Gasteiger partial charge in [-0.1, -0.05) is 30.3 Å². The second kappa shape index (κ2) is 10.1. The number of carbonyl (C=O) groups excluding carboxylic acids is 1. The molecule has 6 nitrogen and oxygen atoms in total. The van der Waals surface area contributed by atoms with Gasteiger partial charge in [0.25, 0.3) is 0 Å². The minimum atomic E-state index is -0.0372. The highest BCUT2D eigenvalue weighted by Gasteiger charge is 2.20. The summed E-state index contributed by atoms with van der Waals surface area (Å²) in [6, 6.07) is 21.7. The molecule has 2 heterocycles. The van der Waals surface area contributed by atoms with Gasteiger partial charge >= 0.3 is 0 Å². The van der Waals surface area contributed by atoms with E-state index < -0.39 is 0 Å². The topological polar surface area (TPSA) is 69.0 Å². The van der Waals surface area contributed by atoms with E-state index in [4.69, 9.17) is 9.84 Å². The number of aromatic nitrogens is 3. The van der Waals surface area contributed by atoms with Gasteiger partial charge in [0, 0.05) is 18.2 Å². The van der Waals surface area contributed by atoms with E-state index in [9.17, 15) is 4.79 Å². The van der Waals surface area contributed by atoms with Crippen molar-refractivity contribution in [3.63, 3.8) is 0 Å². The van der Waals surface area contributed by atoms with Crippen LogP contribution in [0.3, 0.4) is 0 Å². The zero-order valence-electron chi connectivity index (χ0n) is 19.2. The summed E-state index contributed by atoms with van der Waals surface area (Å²) in [6.45, 7) is 6.45. The fourth-order valence-corrected chi connectivity index (χ4v) is 3.67. The molecule has 1 amide bonds. The van der Waals surface area contributed by atoms with Crippen molar-refractivity contribution in [3.05, 3.63) is 101 Å². The summed E-state index contributed by atoms with van der Waals surface area (Å²) in [6.07, 6.45) is 2.57. The van der Waals surface area contributed by atoms with Crippen LogP contribution >= 0.6 is 0 Å². The lowest BCUT2D eigenvalue weighted by atomic mass is 10.1. The third-order valence-corrected chi connectivity index (χ3v) is 5.38. The molecule has 0 spiro atoms. The van der Waals surface area contributed by atoms with Crippen LogP contribution in [0.15, 0.2) is 72.9 Å². The van der Waals surface area contributed by atoms with Gasteiger partial charge in [-0.3, -0.25) is 9.78 Å². The van der Waals surface area contributed by atoms with Gasteiger partial charge in [0.15, 0.2) is 0 Å². The molecule has 0 bridgehead atoms. The molecular formula is C27H28N4O2. The third-order valence-electron chi connectivity index (χ3n) is 5.38. The van der Waals surface area contributed by atoms with E-state index in [0.717, 1.165) is 39.5 Å². The van der Waals surface area contributed by atoms with Crippen LogP contribution in [0, 0.1) is 20.8 Å². The SMILES string of the molecule is Cc1cccc(Oc2c(CCC(=O)NCc3ccccn3)c(C)nn2-c2cccc(C)c2)c1. The number of nitrogens with one attached hydrogen (secondary N) is 1. The van der Waals surface area contributed by atoms with Crippen molar-refractivity contribution >= 4 is 5.91 Å². The molecule has 0 unspecified atom stereocenters. The largest absolute Gasteiger partial charge is 0.439 e. The Balaban J connectivity index is 1.57. The summed E-state index contributed by atoms with van der Waals surface area (Å²) in [4.78, 5) is 16.8. The number of carbonyl (C=O) groups is 1. The summed E-state index contributed by atoms with van der Waals surface area (Å²) in [5, 5.41) is 7.70. The van der Waals surface area contributed by atoms with Gasteiger partial charge in [-0.25, -0.2) is 4.68 Å². The second-order valence-electron chi connectivity index (χ2n) is 8.14. The van der Waals surface area contributed by atoms with Crippen molar-refractivity contribution in [1.82, 2.24) is 20.1 Å². The third kappa shape index (κ3) is 5.66. The number of nitrogens with zero attached hydrogens (tertiary/aromatic N) is 3. The molecule has 0 saturated carbocycles. The predicted octanol–water partition coefficient (Wildman–Crippen LogP) is 5.23. The van der Waals surface area contributed by atoms with E-state index in [1.807, 2.05) is 86.1 Å². The number of hydrogen-bond acceptors (Lipinski definition) is 4. The first-order valence-electron chi connectivity index (χ1n) is 11.1. The monoisotopic (exact) mass is 440 g/mol. The number of rotatable bonds is 8. The lowest BCUT2D eigenvalue weighted by Gasteiger charge is -2.12. The maximum absolute atomic E-state index is 12.5. The Kier molecular flexibility index (Phi) is 6.83. The molecule has 1 N–H and O–H groups in total. The molecule has 0 atom stereocenters. The van der Waals surface area contributed by atoms with Crippen molar-refractivity contribution < 1.29 is 9.53 Å². The predicted molar refractivity (Wildman–Crippen MR) is 129 cm³/mol. The van der Waals surface area contributed by atoms with E-state index in [2.05, 4.69) is 16.4 Å². The van der Waals surface area contributed by atoms with E-state index in [1.54, 1.807) is 6.20 Å². The van der Waals surface area contributed by atoms with Crippen molar-refractivity contribution in [2.75, 3.05) is 0 Å². The molecule has 0 fully saturated rings. The normalized spacial score (nSPS) is 10.8. The van der Waals surface area contributed by atoms with Gasteiger partial charge in [0.1, 0.15) is 5.75 Å². The van der Waals surface area contributed by atoms with Gasteiger partial charge in [-0.2, -0.15) is 5.10 Å². The Morgan fingerprint density at radius 1 is 0.970 bits per heavy atom. The van der Waals surface area contributed by atoms with Gasteiger partial charge in [-0.05, 0) is 74.7 Å². The van der Waals surface area contributed by atoms with Crippen LogP contribution in [0.2, 0.25) is 0 Å². The van der Waals surface area contributed by atoms with Crippen LogP contribution < -0.4 is 10.1 Å². The zero-order valence-corrected chi connectivity index (χ0v) is 19.2. The number of pyridine rings is 1. The van der Waals surface area contributed by atoms with Crippen molar-refractivity contribution in [1.29, 1.82) is 0 Å². The maximum Gasteiger partial charge on any atom is 0.226 e. The Morgan fingerprint density at radius 3 is 2.48 bits per heavy atom. The fourth-order valence-electron chi connectivity index (χ4n) is 3.67. The number of hydrogen-bond donors (Lipinski definition) is 1. The summed E-state index contributed by atoms with van der Waals surface area (Å²) >= 11 is 0. The first-order chi connectivity index (χ1) is 16.0. The van der Waals surface area contributed by atoms with Gasteiger partial charge < -0.3 is 10.1 Å². The van der Waals surface area contributed by atoms with Crippen LogP contribution in [-0.4, -0.2) is 20.7 Å². The second-order valence-corrected chi connectivity index (χ2v) is 8.14. The maximum atomic E-state index is 12.5. The quantitative estimate of drug-likeness (QED) is 0.407. The molecule has 33 heavy (non-hydrogen) atoms. The van der Waals surface area contributed by atoms with E-state index in [1.165, 1.54) is 0 Å². The van der Waals surface area contributed by atoms with Gasteiger partial charge in [-0.15, -0.1) is 0 Å². The zero-order chi connectivity index (χ0) is 23.2. The first-order valence-corrected chi connectivity index (χ1v) is 11.1. The lowest BCUT2D eigenvalue weighted by molar-refractivity contribution is -0.121. The molecule has 168 valence electrons. The summed E-state index contributed by atoms with van der Waals surface area (Å²) in [7, 11) is 0. The van der Waals surface area contributed by atoms with Crippen molar-refractivity contribution in [2.45, 2.75) is 40.2 Å². The average molecular weight is 441 g/mol. The number of benzene rings is 2. The standard InChI is InChI=1S/C27H28N4O2/c1-19-8-6-11-23(16-19)31-27(33-24-12-7-9-20(2)17-24)25(21(3)30-31)13-14-26(32)29-18-22-10-4-5-15-28-22/h4-12,15-17H,13-14,18H2,1-3H3,(H,29,32). The number of amides is 1. The van der Waals surface area contributed by atoms with Crippen LogP contribution in [0.4, 0.5) is 0 Å². The van der Waals surface area contributed by atoms with Crippen LogP contribution in [-0.2, 0) is 17.8 Å². The summed E-state index contributed by atoms with van der Waals surface area (Å²) in [5.74, 6) is 1.34. The molecule has 2 aromatic heterocycles. The first kappa shape index (κ1) is 22.3. The number of ether oxygens (including phenoxy) is 1. The fraction of sp³-hybridized carbons (Fsp3) is 0.222. The van der Waals surface area contributed by atoms with Crippen LogP contribution in [0.5, 0.6) is 11.6 Å². The van der Waals surface area contributed by atoms with E-state index in [0.29, 0.717) is 25.3 Å². The Hall–Kier alpha value is -3.93. The highest BCUT2D eigenvalue weighted by Crippen LogP contribution is 2.32. The lowest BCUT2D eigenvalue weighted by Crippen LogP contribution is -2.23. The molecule has 4 aromatic rings. The molecule has 0 aliphatic carbocycles. The van der Waals surface area contributed by atoms with Crippen molar-refractivity contribution in [3.8, 4) is 17.3 Å². The number of aryl methyl sites for hydroxylation is 3. The minimum Gasteiger partial charge on any atom is -0.439 e. The van der Waals surface area contributed by atoms with Gasteiger partial charge in [0.05, 0.1) is 23.6 Å². The Bertz CT molecular complexity index is 1250. The van der Waals surface area contributed by atoms with Crippen LogP contribution in [0.1, 0.15) is 34.5 Å². The Morgan fingerprint density at radius 2 is 1.76 bits per heavy atom.